The van der Waals surface area contributed by atoms with Gasteiger partial charge in [0.25, 0.3) is 22.1 Å². The maximum absolute atomic E-state index is 13.4. The minimum atomic E-state index is -4.01. The van der Waals surface area contributed by atoms with Gasteiger partial charge >= 0.3 is 5.97 Å². The predicted octanol–water partition coefficient (Wildman–Crippen LogP) is 3.32. The number of esters is 1. The third kappa shape index (κ3) is 9.52. The van der Waals surface area contributed by atoms with Gasteiger partial charge in [-0.2, -0.15) is 0 Å². The molecule has 1 aliphatic rings. The Labute approximate surface area is 287 Å². The number of nitrogens with zero attached hydrogens (tertiary/aromatic N) is 4. The van der Waals surface area contributed by atoms with E-state index < -0.39 is 33.1 Å². The lowest BCUT2D eigenvalue weighted by atomic mass is 10.1. The van der Waals surface area contributed by atoms with Gasteiger partial charge < -0.3 is 24.3 Å². The Bertz CT molecular complexity index is 1780. The number of fused-ring (bicyclic) bond motifs is 1. The van der Waals surface area contributed by atoms with E-state index >= 15 is 0 Å². The summed E-state index contributed by atoms with van der Waals surface area (Å²) < 4.78 is 52.7. The number of benzene rings is 1. The van der Waals surface area contributed by atoms with E-state index in [0.29, 0.717) is 18.4 Å². The van der Waals surface area contributed by atoms with E-state index in [2.05, 4.69) is 15.3 Å². The third-order valence-corrected chi connectivity index (χ3v) is 9.58. The molecule has 3 heterocycles. The van der Waals surface area contributed by atoms with E-state index in [9.17, 15) is 18.0 Å². The molecule has 0 saturated carbocycles. The number of amides is 1. The zero-order chi connectivity index (χ0) is 35.8. The Hall–Kier alpha value is -4.60. The highest BCUT2D eigenvalue weighted by atomic mass is 32.2. The minimum absolute atomic E-state index is 0.0398. The number of likely N-dealkylation sites (N-methyl/N-ethyl adjacent to an activating group) is 1. The third-order valence-electron chi connectivity index (χ3n) is 7.76. The molecule has 49 heavy (non-hydrogen) atoms. The summed E-state index contributed by atoms with van der Waals surface area (Å²) in [5.41, 5.74) is -0.232. The van der Waals surface area contributed by atoms with Crippen LogP contribution in [0.5, 0.6) is 0 Å². The molecule has 264 valence electrons. The summed E-state index contributed by atoms with van der Waals surface area (Å²) in [6.07, 6.45) is 5.38. The van der Waals surface area contributed by atoms with Crippen LogP contribution in [-0.4, -0.2) is 86.4 Å². The van der Waals surface area contributed by atoms with Gasteiger partial charge in [0.2, 0.25) is 11.4 Å². The van der Waals surface area contributed by atoms with Crippen LogP contribution in [-0.2, 0) is 33.8 Å². The maximum Gasteiger partial charge on any atom is 0.363 e. The van der Waals surface area contributed by atoms with Gasteiger partial charge in [-0.25, -0.2) is 23.2 Å². The van der Waals surface area contributed by atoms with Crippen LogP contribution < -0.4 is 14.9 Å². The second kappa shape index (κ2) is 15.7. The molecule has 14 nitrogen and oxygen atoms in total. The number of nitrogens with one attached hydrogen (secondary N) is 1. The number of aryl methyl sites for hydroxylation is 1. The van der Waals surface area contributed by atoms with Crippen molar-refractivity contribution in [2.75, 3.05) is 45.9 Å². The molecule has 1 aromatic carbocycles. The number of sulfonamides is 1. The van der Waals surface area contributed by atoms with Gasteiger partial charge in [-0.05, 0) is 52.0 Å². The molecule has 4 rings (SSSR count). The second-order valence-electron chi connectivity index (χ2n) is 12.4. The average Bonchev–Trinajstić information content (AvgIpc) is 3.06. The minimum Gasteiger partial charge on any atom is -0.490 e. The van der Waals surface area contributed by atoms with Crippen molar-refractivity contribution in [2.24, 2.45) is 0 Å². The van der Waals surface area contributed by atoms with Crippen LogP contribution in [0.1, 0.15) is 62.3 Å². The van der Waals surface area contributed by atoms with Crippen molar-refractivity contribution in [3.8, 4) is 0 Å². The number of anilines is 1. The highest BCUT2D eigenvalue weighted by Gasteiger charge is 2.39. The monoisotopic (exact) mass is 698 g/mol. The SMILES string of the molecule is CO[n+]1cc(C(=O)OCCC(C)(C)OCCOC(C)(C)CCOC2=C(C(=O)Nc3ccccn3)N(C)S(=O)(=O)c3ccccc32)ncc1C. The fourth-order valence-corrected chi connectivity index (χ4v) is 6.22. The first-order chi connectivity index (χ1) is 23.1. The highest BCUT2D eigenvalue weighted by Crippen LogP contribution is 2.37. The summed E-state index contributed by atoms with van der Waals surface area (Å²) in [7, 11) is -1.19. The number of hydrogen-bond donors (Lipinski definition) is 1. The van der Waals surface area contributed by atoms with Crippen molar-refractivity contribution in [3.05, 3.63) is 83.7 Å². The maximum atomic E-state index is 13.4. The summed E-state index contributed by atoms with van der Waals surface area (Å²) in [6, 6.07) is 11.4. The summed E-state index contributed by atoms with van der Waals surface area (Å²) in [5, 5.41) is 2.66. The second-order valence-corrected chi connectivity index (χ2v) is 14.4. The van der Waals surface area contributed by atoms with E-state index in [1.807, 2.05) is 27.7 Å². The van der Waals surface area contributed by atoms with Crippen LogP contribution in [0.3, 0.4) is 0 Å². The molecule has 0 saturated heterocycles. The van der Waals surface area contributed by atoms with Gasteiger partial charge in [0.15, 0.2) is 11.5 Å². The molecule has 0 spiro atoms. The lowest BCUT2D eigenvalue weighted by Crippen LogP contribution is -2.44. The number of rotatable bonds is 16. The van der Waals surface area contributed by atoms with Gasteiger partial charge in [-0.1, -0.05) is 18.2 Å². The molecule has 1 N–H and O–H groups in total. The number of aromatic nitrogens is 3. The van der Waals surface area contributed by atoms with Crippen LogP contribution in [0.25, 0.3) is 5.76 Å². The van der Waals surface area contributed by atoms with Crippen molar-refractivity contribution >= 4 is 33.5 Å². The van der Waals surface area contributed by atoms with Crippen molar-refractivity contribution in [1.29, 1.82) is 0 Å². The molecule has 2 aromatic heterocycles. The molecular weight excluding hydrogens is 654 g/mol. The topological polar surface area (TPSA) is 159 Å². The first kappa shape index (κ1) is 37.2. The van der Waals surface area contributed by atoms with Gasteiger partial charge in [0, 0.05) is 43.3 Å². The Morgan fingerprint density at radius 3 is 2.22 bits per heavy atom. The zero-order valence-corrected chi connectivity index (χ0v) is 29.7. The van der Waals surface area contributed by atoms with Gasteiger partial charge in [0.1, 0.15) is 12.9 Å². The lowest BCUT2D eigenvalue weighted by molar-refractivity contribution is -0.890. The lowest BCUT2D eigenvalue weighted by Gasteiger charge is -2.31. The Kier molecular flexibility index (Phi) is 12.0. The van der Waals surface area contributed by atoms with E-state index in [0.717, 1.165) is 10.00 Å². The van der Waals surface area contributed by atoms with E-state index in [1.54, 1.807) is 43.3 Å². The van der Waals surface area contributed by atoms with E-state index in [4.69, 9.17) is 23.8 Å². The van der Waals surface area contributed by atoms with Crippen LogP contribution >= 0.6 is 0 Å². The van der Waals surface area contributed by atoms with Gasteiger partial charge in [-0.3, -0.25) is 13.9 Å². The molecule has 0 atom stereocenters. The first-order valence-electron chi connectivity index (χ1n) is 15.7. The molecule has 1 aliphatic heterocycles. The smallest absolute Gasteiger partial charge is 0.363 e. The number of hydrogen-bond acceptors (Lipinski definition) is 11. The number of pyridine rings is 1. The first-order valence-corrected chi connectivity index (χ1v) is 17.1. The number of ether oxygens (including phenoxy) is 4. The number of carbonyl (C=O) groups excluding carboxylic acids is 2. The molecule has 3 aromatic rings. The van der Waals surface area contributed by atoms with E-state index in [1.165, 1.54) is 43.5 Å². The fourth-order valence-electron chi connectivity index (χ4n) is 4.83. The summed E-state index contributed by atoms with van der Waals surface area (Å²) in [5.74, 6) is -0.829. The summed E-state index contributed by atoms with van der Waals surface area (Å²) in [4.78, 5) is 39.3. The van der Waals surface area contributed by atoms with E-state index in [-0.39, 0.29) is 54.3 Å². The van der Waals surface area contributed by atoms with Crippen LogP contribution in [0.15, 0.2) is 71.6 Å². The Morgan fingerprint density at radius 2 is 1.57 bits per heavy atom. The molecule has 1 amide bonds. The fraction of sp³-hybridized carbons (Fsp3) is 0.441. The highest BCUT2D eigenvalue weighted by molar-refractivity contribution is 7.89. The average molecular weight is 699 g/mol. The Morgan fingerprint density at radius 1 is 0.918 bits per heavy atom. The van der Waals surface area contributed by atoms with Crippen molar-refractivity contribution in [2.45, 2.75) is 63.6 Å². The van der Waals surface area contributed by atoms with Crippen molar-refractivity contribution < 1.29 is 46.5 Å². The summed E-state index contributed by atoms with van der Waals surface area (Å²) in [6.45, 7) is 10.2. The van der Waals surface area contributed by atoms with Crippen LogP contribution in [0.2, 0.25) is 0 Å². The standard InChI is InChI=1S/C34H43N5O9S/c1-24-22-36-26(23-39(24)44-7)32(41)46-19-16-34(4,5)48-21-20-47-33(2,3)15-18-45-30-25-12-8-9-13-27(25)49(42,43)38(6)29(30)31(40)37-28-14-10-11-17-35-28/h8-14,17,22-23H,15-16,18-21H2,1-7H3/p+1. The quantitative estimate of drug-likeness (QED) is 0.133. The van der Waals surface area contributed by atoms with Crippen LogP contribution in [0, 0.1) is 6.92 Å². The Balaban J connectivity index is 1.30. The molecule has 0 radical (unpaired) electrons. The molecule has 0 fully saturated rings. The van der Waals surface area contributed by atoms with Crippen molar-refractivity contribution in [3.63, 3.8) is 0 Å². The van der Waals surface area contributed by atoms with Gasteiger partial charge in [0.05, 0.1) is 48.7 Å². The van der Waals surface area contributed by atoms with Crippen molar-refractivity contribution in [1.82, 2.24) is 14.3 Å². The zero-order valence-electron chi connectivity index (χ0n) is 28.9. The molecule has 0 bridgehead atoms. The predicted molar refractivity (Wildman–Crippen MR) is 178 cm³/mol. The largest absolute Gasteiger partial charge is 0.490 e. The molecular formula is C34H44N5O9S+. The molecule has 15 heteroatoms. The normalized spacial score (nSPS) is 14.2. The summed E-state index contributed by atoms with van der Waals surface area (Å²) >= 11 is 0. The van der Waals surface area contributed by atoms with Gasteiger partial charge in [-0.15, -0.1) is 0 Å². The number of carbonyl (C=O) groups is 2. The van der Waals surface area contributed by atoms with Crippen LogP contribution in [0.4, 0.5) is 5.82 Å². The molecule has 0 unspecified atom stereocenters. The molecule has 0 aliphatic carbocycles.